The van der Waals surface area contributed by atoms with Crippen molar-refractivity contribution in [1.29, 1.82) is 0 Å². The van der Waals surface area contributed by atoms with Gasteiger partial charge in [-0.25, -0.2) is 13.6 Å². The molecule has 0 aliphatic rings. The van der Waals surface area contributed by atoms with Gasteiger partial charge in [-0.05, 0) is 19.1 Å². The highest BCUT2D eigenvalue weighted by atomic mass is 19.3. The molecule has 0 fully saturated rings. The van der Waals surface area contributed by atoms with Gasteiger partial charge in [0.05, 0.1) is 12.2 Å². The van der Waals surface area contributed by atoms with E-state index < -0.39 is 12.4 Å². The number of carbonyl (C=O) groups is 2. The molecule has 0 spiro atoms. The highest BCUT2D eigenvalue weighted by molar-refractivity contribution is 6.06. The molecule has 0 bridgehead atoms. The molecule has 1 aromatic rings. The third kappa shape index (κ3) is 3.12. The minimum Gasteiger partial charge on any atom is -0.462 e. The van der Waals surface area contributed by atoms with Gasteiger partial charge in [0.25, 0.3) is 6.43 Å². The second-order valence-corrected chi connectivity index (χ2v) is 3.60. The quantitative estimate of drug-likeness (QED) is 0.599. The van der Waals surface area contributed by atoms with Crippen LogP contribution in [0.3, 0.4) is 0 Å². The molecule has 1 aromatic carbocycles. The molecule has 0 heterocycles. The summed E-state index contributed by atoms with van der Waals surface area (Å²) < 4.78 is 29.9. The molecule has 1 rings (SSSR count). The molecular formula is C13H14F2O3. The third-order valence-electron chi connectivity index (χ3n) is 2.41. The zero-order valence-corrected chi connectivity index (χ0v) is 10.2. The van der Waals surface area contributed by atoms with Gasteiger partial charge in [0.2, 0.25) is 0 Å². The van der Waals surface area contributed by atoms with E-state index in [1.54, 1.807) is 13.8 Å². The van der Waals surface area contributed by atoms with Gasteiger partial charge in [0.15, 0.2) is 5.78 Å². The van der Waals surface area contributed by atoms with Crippen LogP contribution >= 0.6 is 0 Å². The van der Waals surface area contributed by atoms with Gasteiger partial charge < -0.3 is 4.74 Å². The lowest BCUT2D eigenvalue weighted by atomic mass is 9.99. The van der Waals surface area contributed by atoms with Crippen LogP contribution in [0.1, 0.15) is 53.0 Å². The molecular weight excluding hydrogens is 242 g/mol. The number of benzene rings is 1. The van der Waals surface area contributed by atoms with Gasteiger partial charge in [0.1, 0.15) is 0 Å². The average Bonchev–Trinajstić information content (AvgIpc) is 2.37. The van der Waals surface area contributed by atoms with Crippen molar-refractivity contribution in [2.24, 2.45) is 0 Å². The van der Waals surface area contributed by atoms with Crippen molar-refractivity contribution in [2.75, 3.05) is 6.61 Å². The molecule has 18 heavy (non-hydrogen) atoms. The molecule has 0 saturated heterocycles. The second kappa shape index (κ2) is 6.23. The Labute approximate surface area is 104 Å². The van der Waals surface area contributed by atoms with Crippen LogP contribution in [-0.4, -0.2) is 18.4 Å². The lowest BCUT2D eigenvalue weighted by molar-refractivity contribution is 0.0522. The largest absolute Gasteiger partial charge is 0.462 e. The average molecular weight is 256 g/mol. The molecule has 98 valence electrons. The van der Waals surface area contributed by atoms with Crippen molar-refractivity contribution < 1.29 is 23.1 Å². The van der Waals surface area contributed by atoms with E-state index in [1.165, 1.54) is 6.07 Å². The van der Waals surface area contributed by atoms with Crippen molar-refractivity contribution in [2.45, 2.75) is 26.7 Å². The van der Waals surface area contributed by atoms with Gasteiger partial charge in [-0.15, -0.1) is 0 Å². The van der Waals surface area contributed by atoms with Gasteiger partial charge in [0, 0.05) is 17.5 Å². The molecule has 0 N–H and O–H groups in total. The van der Waals surface area contributed by atoms with Gasteiger partial charge >= 0.3 is 5.97 Å². The van der Waals surface area contributed by atoms with E-state index in [0.29, 0.717) is 0 Å². The van der Waals surface area contributed by atoms with Crippen LogP contribution in [0.25, 0.3) is 0 Å². The monoisotopic (exact) mass is 256 g/mol. The van der Waals surface area contributed by atoms with Crippen LogP contribution < -0.4 is 0 Å². The summed E-state index contributed by atoms with van der Waals surface area (Å²) in [5.41, 5.74) is -0.248. The van der Waals surface area contributed by atoms with E-state index in [9.17, 15) is 18.4 Å². The molecule has 0 unspecified atom stereocenters. The van der Waals surface area contributed by atoms with Crippen molar-refractivity contribution in [3.05, 3.63) is 34.9 Å². The van der Waals surface area contributed by atoms with Crippen LogP contribution in [0.15, 0.2) is 18.2 Å². The predicted molar refractivity (Wildman–Crippen MR) is 62.0 cm³/mol. The molecule has 0 aliphatic carbocycles. The van der Waals surface area contributed by atoms with Gasteiger partial charge in [-0.1, -0.05) is 13.0 Å². The minimum atomic E-state index is -2.68. The number of Topliss-reactive ketones (excluding diaryl/α,β-unsaturated/α-hetero) is 1. The Morgan fingerprint density at radius 2 is 1.89 bits per heavy atom. The highest BCUT2D eigenvalue weighted by Gasteiger charge is 2.19. The summed E-state index contributed by atoms with van der Waals surface area (Å²) in [7, 11) is 0. The summed E-state index contributed by atoms with van der Waals surface area (Å²) in [6.07, 6.45) is -2.54. The maximum absolute atomic E-state index is 12.6. The fourth-order valence-electron chi connectivity index (χ4n) is 1.51. The lowest BCUT2D eigenvalue weighted by Gasteiger charge is -2.09. The zero-order chi connectivity index (χ0) is 13.7. The molecule has 5 heteroatoms. The summed E-state index contributed by atoms with van der Waals surface area (Å²) in [4.78, 5) is 23.3. The number of esters is 1. The first-order valence-electron chi connectivity index (χ1n) is 5.63. The van der Waals surface area contributed by atoms with E-state index in [0.717, 1.165) is 12.1 Å². The summed E-state index contributed by atoms with van der Waals surface area (Å²) in [5.74, 6) is -1.03. The summed E-state index contributed by atoms with van der Waals surface area (Å²) in [5, 5.41) is 0. The molecule has 3 nitrogen and oxygen atoms in total. The number of hydrogen-bond donors (Lipinski definition) is 0. The number of alkyl halides is 2. The first kappa shape index (κ1) is 14.3. The summed E-state index contributed by atoms with van der Waals surface area (Å²) >= 11 is 0. The Bertz CT molecular complexity index is 456. The smallest absolute Gasteiger partial charge is 0.338 e. The fraction of sp³-hybridized carbons (Fsp3) is 0.385. The molecule has 0 aliphatic heterocycles. The van der Waals surface area contributed by atoms with Crippen molar-refractivity contribution in [3.63, 3.8) is 0 Å². The third-order valence-corrected chi connectivity index (χ3v) is 2.41. The standard InChI is InChI=1S/C13H14F2O3/c1-3-11(16)10-7-8(12(14)15)5-6-9(10)13(17)18-4-2/h5-7,12H,3-4H2,1-2H3. The van der Waals surface area contributed by atoms with E-state index in [1.807, 2.05) is 0 Å². The number of ketones is 1. The fourth-order valence-corrected chi connectivity index (χ4v) is 1.51. The zero-order valence-electron chi connectivity index (χ0n) is 10.2. The molecule has 0 amide bonds. The summed E-state index contributed by atoms with van der Waals surface area (Å²) in [6, 6.07) is 3.40. The Balaban J connectivity index is 3.25. The molecule has 0 radical (unpaired) electrons. The number of halogens is 2. The maximum atomic E-state index is 12.6. The topological polar surface area (TPSA) is 43.4 Å². The maximum Gasteiger partial charge on any atom is 0.338 e. The first-order chi connectivity index (χ1) is 8.51. The lowest BCUT2D eigenvalue weighted by Crippen LogP contribution is -2.12. The Morgan fingerprint density at radius 3 is 2.39 bits per heavy atom. The van der Waals surface area contributed by atoms with Crippen LogP contribution in [-0.2, 0) is 4.74 Å². The van der Waals surface area contributed by atoms with Crippen LogP contribution in [0.2, 0.25) is 0 Å². The normalized spacial score (nSPS) is 10.5. The van der Waals surface area contributed by atoms with Crippen molar-refractivity contribution in [3.8, 4) is 0 Å². The van der Waals surface area contributed by atoms with E-state index in [4.69, 9.17) is 4.74 Å². The van der Waals surface area contributed by atoms with Gasteiger partial charge in [-0.2, -0.15) is 0 Å². The van der Waals surface area contributed by atoms with Crippen LogP contribution in [0, 0.1) is 0 Å². The van der Waals surface area contributed by atoms with Crippen molar-refractivity contribution in [1.82, 2.24) is 0 Å². The Hall–Kier alpha value is -1.78. The number of carbonyl (C=O) groups excluding carboxylic acids is 2. The predicted octanol–water partition coefficient (Wildman–Crippen LogP) is 3.39. The number of ether oxygens (including phenoxy) is 1. The summed E-state index contributed by atoms with van der Waals surface area (Å²) in [6.45, 7) is 3.40. The molecule has 0 atom stereocenters. The highest BCUT2D eigenvalue weighted by Crippen LogP contribution is 2.23. The Morgan fingerprint density at radius 1 is 1.22 bits per heavy atom. The minimum absolute atomic E-state index is 0.00579. The van der Waals surface area contributed by atoms with E-state index >= 15 is 0 Å². The Kier molecular flexibility index (Phi) is 4.95. The van der Waals surface area contributed by atoms with E-state index in [2.05, 4.69) is 0 Å². The molecule has 0 aromatic heterocycles. The molecule has 0 saturated carbocycles. The van der Waals surface area contributed by atoms with E-state index in [-0.39, 0.29) is 35.5 Å². The SMILES string of the molecule is CCOC(=O)c1ccc(C(F)F)cc1C(=O)CC. The van der Waals surface area contributed by atoms with Crippen LogP contribution in [0.5, 0.6) is 0 Å². The number of hydrogen-bond acceptors (Lipinski definition) is 3. The van der Waals surface area contributed by atoms with Gasteiger partial charge in [-0.3, -0.25) is 4.79 Å². The first-order valence-corrected chi connectivity index (χ1v) is 5.63. The second-order valence-electron chi connectivity index (χ2n) is 3.60. The van der Waals surface area contributed by atoms with Crippen LogP contribution in [0.4, 0.5) is 8.78 Å². The van der Waals surface area contributed by atoms with Crippen molar-refractivity contribution >= 4 is 11.8 Å². The number of rotatable bonds is 5.